The molecule has 0 radical (unpaired) electrons. The molecule has 1 aromatic rings. The summed E-state index contributed by atoms with van der Waals surface area (Å²) in [5.41, 5.74) is 1.75. The van der Waals surface area contributed by atoms with Crippen molar-refractivity contribution in [2.45, 2.75) is 64.8 Å². The fraction of sp³-hybridized carbons (Fsp3) is 0.588. The minimum absolute atomic E-state index is 0.0233. The second-order valence-corrected chi connectivity index (χ2v) is 6.28. The molecule has 1 aromatic carbocycles. The van der Waals surface area contributed by atoms with Gasteiger partial charge in [-0.15, -0.1) is 0 Å². The molecule has 1 heterocycles. The molecule has 0 aromatic heterocycles. The minimum atomic E-state index is -0.0233. The predicted molar refractivity (Wildman–Crippen MR) is 85.7 cm³/mol. The van der Waals surface area contributed by atoms with Crippen molar-refractivity contribution in [3.05, 3.63) is 29.8 Å². The van der Waals surface area contributed by atoms with Crippen molar-refractivity contribution in [1.82, 2.24) is 5.32 Å². The summed E-state index contributed by atoms with van der Waals surface area (Å²) >= 11 is 0. The second kappa shape index (κ2) is 6.94. The highest BCUT2D eigenvalue weighted by Crippen LogP contribution is 2.22. The number of anilines is 1. The molecule has 4 heteroatoms. The van der Waals surface area contributed by atoms with Gasteiger partial charge in [-0.05, 0) is 64.8 Å². The molecule has 1 saturated heterocycles. The van der Waals surface area contributed by atoms with Crippen LogP contribution in [0.1, 0.15) is 50.9 Å². The van der Waals surface area contributed by atoms with E-state index in [0.29, 0.717) is 23.8 Å². The Morgan fingerprint density at radius 3 is 2.24 bits per heavy atom. The molecule has 2 atom stereocenters. The van der Waals surface area contributed by atoms with E-state index in [1.807, 2.05) is 38.1 Å². The molecule has 2 rings (SSSR count). The maximum atomic E-state index is 11.9. The summed E-state index contributed by atoms with van der Waals surface area (Å²) in [6, 6.07) is 8.26. The molecule has 1 aliphatic heterocycles. The van der Waals surface area contributed by atoms with Gasteiger partial charge >= 0.3 is 0 Å². The van der Waals surface area contributed by atoms with E-state index >= 15 is 0 Å². The average molecular weight is 290 g/mol. The summed E-state index contributed by atoms with van der Waals surface area (Å²) in [5, 5.41) is 6.43. The molecule has 1 aliphatic rings. The van der Waals surface area contributed by atoms with E-state index in [4.69, 9.17) is 4.74 Å². The van der Waals surface area contributed by atoms with Gasteiger partial charge in [0.25, 0.3) is 5.91 Å². The zero-order valence-corrected chi connectivity index (χ0v) is 13.3. The Hall–Kier alpha value is -1.55. The lowest BCUT2D eigenvalue weighted by atomic mass is 9.99. The molecular weight excluding hydrogens is 264 g/mol. The van der Waals surface area contributed by atoms with Gasteiger partial charge < -0.3 is 15.4 Å². The molecule has 0 bridgehead atoms. The maximum Gasteiger partial charge on any atom is 0.251 e. The number of nitrogens with one attached hydrogen (secondary N) is 2. The number of carbonyl (C=O) groups excluding carboxylic acids is 1. The van der Waals surface area contributed by atoms with Crippen LogP contribution in [0.5, 0.6) is 0 Å². The van der Waals surface area contributed by atoms with Crippen LogP contribution in [-0.2, 0) is 4.74 Å². The first-order chi connectivity index (χ1) is 9.94. The third kappa shape index (κ3) is 4.74. The van der Waals surface area contributed by atoms with Crippen LogP contribution in [0.3, 0.4) is 0 Å². The topological polar surface area (TPSA) is 50.4 Å². The largest absolute Gasteiger partial charge is 0.382 e. The first-order valence-corrected chi connectivity index (χ1v) is 7.77. The van der Waals surface area contributed by atoms with Gasteiger partial charge in [0.2, 0.25) is 0 Å². The normalized spacial score (nSPS) is 25.7. The third-order valence-electron chi connectivity index (χ3n) is 3.64. The van der Waals surface area contributed by atoms with Gasteiger partial charge in [0.1, 0.15) is 0 Å². The summed E-state index contributed by atoms with van der Waals surface area (Å²) in [5.74, 6) is -0.0233. The van der Waals surface area contributed by atoms with Crippen LogP contribution in [0.2, 0.25) is 0 Å². The van der Waals surface area contributed by atoms with Crippen LogP contribution in [0.25, 0.3) is 0 Å². The van der Waals surface area contributed by atoms with Gasteiger partial charge in [0.15, 0.2) is 0 Å². The lowest BCUT2D eigenvalue weighted by Crippen LogP contribution is -2.36. The van der Waals surface area contributed by atoms with E-state index in [0.717, 1.165) is 18.5 Å². The van der Waals surface area contributed by atoms with E-state index in [1.165, 1.54) is 0 Å². The Labute approximate surface area is 127 Å². The first kappa shape index (κ1) is 15.8. The number of ether oxygens (including phenoxy) is 1. The number of rotatable bonds is 4. The Kier molecular flexibility index (Phi) is 5.23. The lowest BCUT2D eigenvalue weighted by Gasteiger charge is -2.33. The van der Waals surface area contributed by atoms with Gasteiger partial charge in [-0.25, -0.2) is 0 Å². The molecule has 116 valence electrons. The molecule has 0 spiro atoms. The van der Waals surface area contributed by atoms with E-state index < -0.39 is 0 Å². The highest BCUT2D eigenvalue weighted by atomic mass is 16.5. The predicted octanol–water partition coefficient (Wildman–Crippen LogP) is 3.19. The molecule has 0 saturated carbocycles. The first-order valence-electron chi connectivity index (χ1n) is 7.77. The second-order valence-electron chi connectivity index (χ2n) is 6.28. The van der Waals surface area contributed by atoms with Gasteiger partial charge in [-0.1, -0.05) is 0 Å². The van der Waals surface area contributed by atoms with Gasteiger partial charge in [-0.2, -0.15) is 0 Å². The molecule has 21 heavy (non-hydrogen) atoms. The van der Waals surface area contributed by atoms with E-state index in [-0.39, 0.29) is 11.9 Å². The van der Waals surface area contributed by atoms with E-state index in [2.05, 4.69) is 24.5 Å². The third-order valence-corrected chi connectivity index (χ3v) is 3.64. The van der Waals surface area contributed by atoms with E-state index in [1.54, 1.807) is 0 Å². The summed E-state index contributed by atoms with van der Waals surface area (Å²) in [4.78, 5) is 11.9. The maximum absolute atomic E-state index is 11.9. The van der Waals surface area contributed by atoms with Crippen LogP contribution in [0, 0.1) is 0 Å². The monoisotopic (exact) mass is 290 g/mol. The SMILES string of the molecule is CC(C)NC(=O)c1ccc(NC2CC(C)OC(C)C2)cc1. The van der Waals surface area contributed by atoms with Crippen LogP contribution in [-0.4, -0.2) is 30.2 Å². The number of carbonyl (C=O) groups is 1. The average Bonchev–Trinajstić information content (AvgIpc) is 2.37. The van der Waals surface area contributed by atoms with Crippen LogP contribution < -0.4 is 10.6 Å². The van der Waals surface area contributed by atoms with Crippen LogP contribution in [0.15, 0.2) is 24.3 Å². The highest BCUT2D eigenvalue weighted by molar-refractivity contribution is 5.94. The lowest BCUT2D eigenvalue weighted by molar-refractivity contribution is -0.0337. The Morgan fingerprint density at radius 2 is 1.71 bits per heavy atom. The summed E-state index contributed by atoms with van der Waals surface area (Å²) < 4.78 is 5.75. The van der Waals surface area contributed by atoms with Gasteiger partial charge in [-0.3, -0.25) is 4.79 Å². The van der Waals surface area contributed by atoms with Crippen molar-refractivity contribution in [3.8, 4) is 0 Å². The fourth-order valence-electron chi connectivity index (χ4n) is 2.82. The summed E-state index contributed by atoms with van der Waals surface area (Å²) in [6.07, 6.45) is 2.62. The van der Waals surface area contributed by atoms with Crippen molar-refractivity contribution in [1.29, 1.82) is 0 Å². The number of amides is 1. The standard InChI is InChI=1S/C17H26N2O2/c1-11(2)18-17(20)14-5-7-15(8-6-14)19-16-9-12(3)21-13(4)10-16/h5-8,11-13,16,19H,9-10H2,1-4H3,(H,18,20). The molecule has 2 N–H and O–H groups in total. The van der Waals surface area contributed by atoms with Crippen LogP contribution >= 0.6 is 0 Å². The van der Waals surface area contributed by atoms with Crippen LogP contribution in [0.4, 0.5) is 5.69 Å². The number of benzene rings is 1. The summed E-state index contributed by atoms with van der Waals surface area (Å²) in [6.45, 7) is 8.15. The van der Waals surface area contributed by atoms with Crippen molar-refractivity contribution in [2.75, 3.05) is 5.32 Å². The number of hydrogen-bond donors (Lipinski definition) is 2. The minimum Gasteiger partial charge on any atom is -0.382 e. The Bertz CT molecular complexity index is 460. The molecule has 0 aliphatic carbocycles. The number of hydrogen-bond acceptors (Lipinski definition) is 3. The summed E-state index contributed by atoms with van der Waals surface area (Å²) in [7, 11) is 0. The van der Waals surface area contributed by atoms with E-state index in [9.17, 15) is 4.79 Å². The Balaban J connectivity index is 1.94. The van der Waals surface area contributed by atoms with Crippen molar-refractivity contribution in [3.63, 3.8) is 0 Å². The molecule has 4 nitrogen and oxygen atoms in total. The molecule has 1 fully saturated rings. The van der Waals surface area contributed by atoms with Crippen molar-refractivity contribution >= 4 is 11.6 Å². The molecule has 2 unspecified atom stereocenters. The van der Waals surface area contributed by atoms with Crippen molar-refractivity contribution in [2.24, 2.45) is 0 Å². The zero-order valence-electron chi connectivity index (χ0n) is 13.3. The smallest absolute Gasteiger partial charge is 0.251 e. The zero-order chi connectivity index (χ0) is 15.4. The van der Waals surface area contributed by atoms with Gasteiger partial charge in [0, 0.05) is 23.3 Å². The van der Waals surface area contributed by atoms with Crippen molar-refractivity contribution < 1.29 is 9.53 Å². The molecule has 1 amide bonds. The highest BCUT2D eigenvalue weighted by Gasteiger charge is 2.24. The molecular formula is C17H26N2O2. The Morgan fingerprint density at radius 1 is 1.14 bits per heavy atom. The fourth-order valence-corrected chi connectivity index (χ4v) is 2.82. The quantitative estimate of drug-likeness (QED) is 0.895. The van der Waals surface area contributed by atoms with Gasteiger partial charge in [0.05, 0.1) is 12.2 Å².